The molecule has 0 aliphatic rings. The maximum absolute atomic E-state index is 13.5. The van der Waals surface area contributed by atoms with Gasteiger partial charge in [-0.2, -0.15) is 0 Å². The summed E-state index contributed by atoms with van der Waals surface area (Å²) in [6.07, 6.45) is 0. The normalized spacial score (nSPS) is 12.2. The molecule has 104 valence electrons. The second-order valence-electron chi connectivity index (χ2n) is 3.97. The molecule has 2 aromatic carbocycles. The summed E-state index contributed by atoms with van der Waals surface area (Å²) in [7, 11) is -1.60. The van der Waals surface area contributed by atoms with Crippen LogP contribution in [-0.4, -0.2) is 15.7 Å². The Morgan fingerprint density at radius 1 is 1.15 bits per heavy atom. The summed E-state index contributed by atoms with van der Waals surface area (Å²) in [5, 5.41) is 0. The van der Waals surface area contributed by atoms with Crippen molar-refractivity contribution < 1.29 is 17.8 Å². The van der Waals surface area contributed by atoms with E-state index in [4.69, 9.17) is 0 Å². The minimum atomic E-state index is -1.60. The Balaban J connectivity index is 2.20. The molecule has 0 N–H and O–H groups in total. The first-order valence-corrected chi connectivity index (χ1v) is 7.71. The SMILES string of the molecule is O=C(CS(=O)c1ccccc1Br)c1ccc(F)cc1F. The number of benzene rings is 2. The first-order valence-electron chi connectivity index (χ1n) is 5.60. The van der Waals surface area contributed by atoms with E-state index in [9.17, 15) is 17.8 Å². The molecule has 20 heavy (non-hydrogen) atoms. The highest BCUT2D eigenvalue weighted by atomic mass is 79.9. The van der Waals surface area contributed by atoms with E-state index >= 15 is 0 Å². The molecule has 0 aliphatic heterocycles. The van der Waals surface area contributed by atoms with Crippen molar-refractivity contribution in [3.8, 4) is 0 Å². The van der Waals surface area contributed by atoms with Crippen molar-refractivity contribution in [3.63, 3.8) is 0 Å². The molecular weight excluding hydrogens is 350 g/mol. The highest BCUT2D eigenvalue weighted by molar-refractivity contribution is 9.10. The Bertz CT molecular complexity index is 689. The van der Waals surface area contributed by atoms with Crippen molar-refractivity contribution in [2.45, 2.75) is 4.90 Å². The molecule has 0 saturated carbocycles. The number of carbonyl (C=O) groups is 1. The molecule has 2 aromatic rings. The van der Waals surface area contributed by atoms with Crippen molar-refractivity contribution in [2.24, 2.45) is 0 Å². The van der Waals surface area contributed by atoms with Gasteiger partial charge in [0.15, 0.2) is 5.78 Å². The smallest absolute Gasteiger partial charge is 0.178 e. The molecule has 0 spiro atoms. The zero-order valence-electron chi connectivity index (χ0n) is 10.1. The van der Waals surface area contributed by atoms with E-state index in [1.165, 1.54) is 0 Å². The van der Waals surface area contributed by atoms with Crippen LogP contribution in [0.15, 0.2) is 51.8 Å². The molecule has 0 amide bonds. The van der Waals surface area contributed by atoms with Crippen LogP contribution >= 0.6 is 15.9 Å². The van der Waals surface area contributed by atoms with Gasteiger partial charge in [-0.3, -0.25) is 9.00 Å². The largest absolute Gasteiger partial charge is 0.293 e. The minimum absolute atomic E-state index is 0.258. The number of hydrogen-bond donors (Lipinski definition) is 0. The molecule has 0 fully saturated rings. The summed E-state index contributed by atoms with van der Waals surface area (Å²) in [6.45, 7) is 0. The van der Waals surface area contributed by atoms with Crippen molar-refractivity contribution in [1.29, 1.82) is 0 Å². The molecule has 6 heteroatoms. The monoisotopic (exact) mass is 358 g/mol. The fourth-order valence-electron chi connectivity index (χ4n) is 1.62. The quantitative estimate of drug-likeness (QED) is 0.780. The molecule has 0 bridgehead atoms. The lowest BCUT2D eigenvalue weighted by Gasteiger charge is -2.05. The molecule has 0 radical (unpaired) electrons. The Morgan fingerprint density at radius 3 is 2.50 bits per heavy atom. The fourth-order valence-corrected chi connectivity index (χ4v) is 3.51. The number of ketones is 1. The molecule has 1 unspecified atom stereocenters. The van der Waals surface area contributed by atoms with Gasteiger partial charge in [-0.25, -0.2) is 8.78 Å². The Morgan fingerprint density at radius 2 is 1.85 bits per heavy atom. The van der Waals surface area contributed by atoms with E-state index in [0.29, 0.717) is 15.4 Å². The van der Waals surface area contributed by atoms with Crippen LogP contribution in [-0.2, 0) is 10.8 Å². The van der Waals surface area contributed by atoms with Gasteiger partial charge in [0.05, 0.1) is 27.0 Å². The van der Waals surface area contributed by atoms with Gasteiger partial charge in [0.2, 0.25) is 0 Å². The number of Topliss-reactive ketones (excluding diaryl/α,β-unsaturated/α-hetero) is 1. The van der Waals surface area contributed by atoms with Crippen LogP contribution in [0.4, 0.5) is 8.78 Å². The third-order valence-electron chi connectivity index (χ3n) is 2.58. The van der Waals surface area contributed by atoms with Crippen molar-refractivity contribution in [3.05, 3.63) is 64.1 Å². The van der Waals surface area contributed by atoms with Crippen LogP contribution in [0, 0.1) is 11.6 Å². The van der Waals surface area contributed by atoms with Crippen molar-refractivity contribution >= 4 is 32.5 Å². The molecule has 1 atom stereocenters. The Kier molecular flexibility index (Phi) is 4.77. The highest BCUT2D eigenvalue weighted by Gasteiger charge is 2.17. The lowest BCUT2D eigenvalue weighted by atomic mass is 10.1. The van der Waals surface area contributed by atoms with Crippen molar-refractivity contribution in [2.75, 3.05) is 5.75 Å². The predicted molar refractivity (Wildman–Crippen MR) is 76.1 cm³/mol. The van der Waals surface area contributed by atoms with Gasteiger partial charge in [0, 0.05) is 10.5 Å². The van der Waals surface area contributed by atoms with Crippen LogP contribution < -0.4 is 0 Å². The number of carbonyl (C=O) groups excluding carboxylic acids is 1. The van der Waals surface area contributed by atoms with Gasteiger partial charge in [-0.05, 0) is 40.2 Å². The van der Waals surface area contributed by atoms with Crippen LogP contribution in [0.1, 0.15) is 10.4 Å². The van der Waals surface area contributed by atoms with Gasteiger partial charge in [-0.15, -0.1) is 0 Å². The molecule has 2 nitrogen and oxygen atoms in total. The maximum Gasteiger partial charge on any atom is 0.178 e. The standard InChI is InChI=1S/C14H9BrF2O2S/c15-11-3-1-2-4-14(11)20(19)8-13(18)10-6-5-9(16)7-12(10)17/h1-7H,8H2. The zero-order valence-corrected chi connectivity index (χ0v) is 12.5. The Labute approximate surface area is 125 Å². The molecule has 0 saturated heterocycles. The molecule has 2 rings (SSSR count). The lowest BCUT2D eigenvalue weighted by molar-refractivity contribution is 0.101. The topological polar surface area (TPSA) is 34.1 Å². The molecule has 0 heterocycles. The summed E-state index contributed by atoms with van der Waals surface area (Å²) in [5.41, 5.74) is -0.258. The molecular formula is C14H9BrF2O2S. The maximum atomic E-state index is 13.5. The van der Waals surface area contributed by atoms with E-state index in [2.05, 4.69) is 15.9 Å². The van der Waals surface area contributed by atoms with E-state index in [1.807, 2.05) is 0 Å². The highest BCUT2D eigenvalue weighted by Crippen LogP contribution is 2.20. The third kappa shape index (κ3) is 3.37. The lowest BCUT2D eigenvalue weighted by Crippen LogP contribution is -2.13. The van der Waals surface area contributed by atoms with Crippen LogP contribution in [0.5, 0.6) is 0 Å². The average Bonchev–Trinajstić information content (AvgIpc) is 2.38. The second kappa shape index (κ2) is 6.37. The van der Waals surface area contributed by atoms with Crippen molar-refractivity contribution in [1.82, 2.24) is 0 Å². The third-order valence-corrected chi connectivity index (χ3v) is 4.90. The fraction of sp³-hybridized carbons (Fsp3) is 0.0714. The van der Waals surface area contributed by atoms with E-state index in [0.717, 1.165) is 12.1 Å². The first kappa shape index (κ1) is 15.0. The summed E-state index contributed by atoms with van der Waals surface area (Å²) < 4.78 is 38.9. The summed E-state index contributed by atoms with van der Waals surface area (Å²) >= 11 is 3.24. The number of hydrogen-bond acceptors (Lipinski definition) is 2. The van der Waals surface area contributed by atoms with Crippen LogP contribution in [0.3, 0.4) is 0 Å². The summed E-state index contributed by atoms with van der Waals surface area (Å²) in [4.78, 5) is 12.4. The number of rotatable bonds is 4. The second-order valence-corrected chi connectivity index (χ2v) is 6.24. The minimum Gasteiger partial charge on any atom is -0.293 e. The van der Waals surface area contributed by atoms with Gasteiger partial charge >= 0.3 is 0 Å². The summed E-state index contributed by atoms with van der Waals surface area (Å²) in [6, 6.07) is 9.47. The summed E-state index contributed by atoms with van der Waals surface area (Å²) in [5.74, 6) is -2.69. The Hall–Kier alpha value is -1.40. The number of halogens is 3. The van der Waals surface area contributed by atoms with Gasteiger partial charge in [-0.1, -0.05) is 12.1 Å². The van der Waals surface area contributed by atoms with Crippen LogP contribution in [0.25, 0.3) is 0 Å². The molecule has 0 aliphatic carbocycles. The van der Waals surface area contributed by atoms with E-state index < -0.39 is 28.2 Å². The van der Waals surface area contributed by atoms with Crippen LogP contribution in [0.2, 0.25) is 0 Å². The van der Waals surface area contributed by atoms with Gasteiger partial charge in [0.1, 0.15) is 11.6 Å². The van der Waals surface area contributed by atoms with Gasteiger partial charge < -0.3 is 0 Å². The molecule has 0 aromatic heterocycles. The zero-order chi connectivity index (χ0) is 14.7. The van der Waals surface area contributed by atoms with Gasteiger partial charge in [0.25, 0.3) is 0 Å². The average molecular weight is 359 g/mol. The van der Waals surface area contributed by atoms with E-state index in [1.54, 1.807) is 24.3 Å². The first-order chi connectivity index (χ1) is 9.49. The predicted octanol–water partition coefficient (Wildman–Crippen LogP) is 3.72. The van der Waals surface area contributed by atoms with E-state index in [-0.39, 0.29) is 11.3 Å².